The first-order valence-electron chi connectivity index (χ1n) is 9.19. The van der Waals surface area contributed by atoms with Crippen LogP contribution in [0.15, 0.2) is 76.5 Å². The Hall–Kier alpha value is -3.05. The fraction of sp³-hybridized carbons (Fsp3) is 0.143. The molecule has 0 aromatic heterocycles. The minimum atomic E-state index is -4.89. The summed E-state index contributed by atoms with van der Waals surface area (Å²) in [5.74, 6) is 0. The molecule has 3 rings (SSSR count). The van der Waals surface area contributed by atoms with Gasteiger partial charge in [0.25, 0.3) is 20.0 Å². The fourth-order valence-corrected chi connectivity index (χ4v) is 5.36. The number of nitrogens with one attached hydrogen (secondary N) is 2. The lowest BCUT2D eigenvalue weighted by atomic mass is 10.2. The third-order valence-electron chi connectivity index (χ3n) is 4.52. The van der Waals surface area contributed by atoms with Crippen molar-refractivity contribution in [3.63, 3.8) is 0 Å². The maximum atomic E-state index is 13.3. The molecule has 0 fully saturated rings. The van der Waals surface area contributed by atoms with Crippen LogP contribution in [0, 0.1) is 13.8 Å². The van der Waals surface area contributed by atoms with Gasteiger partial charge in [0.05, 0.1) is 21.0 Å². The van der Waals surface area contributed by atoms with Crippen molar-refractivity contribution in [2.24, 2.45) is 0 Å². The lowest BCUT2D eigenvalue weighted by molar-refractivity contribution is -0.139. The summed E-state index contributed by atoms with van der Waals surface area (Å²) >= 11 is 0. The van der Waals surface area contributed by atoms with Crippen LogP contribution in [-0.2, 0) is 26.2 Å². The first-order valence-corrected chi connectivity index (χ1v) is 12.2. The molecule has 0 unspecified atom stereocenters. The summed E-state index contributed by atoms with van der Waals surface area (Å²) in [4.78, 5) is -1.22. The molecule has 6 nitrogen and oxygen atoms in total. The number of anilines is 2. The Bertz CT molecular complexity index is 1370. The summed E-state index contributed by atoms with van der Waals surface area (Å²) in [6.45, 7) is 3.28. The molecule has 2 N–H and O–H groups in total. The number of sulfonamides is 2. The van der Waals surface area contributed by atoms with Crippen LogP contribution < -0.4 is 9.44 Å². The number of benzene rings is 3. The number of alkyl halides is 3. The Labute approximate surface area is 184 Å². The molecule has 3 aromatic rings. The van der Waals surface area contributed by atoms with Crippen LogP contribution in [0.5, 0.6) is 0 Å². The van der Waals surface area contributed by atoms with Gasteiger partial charge < -0.3 is 0 Å². The molecule has 0 heterocycles. The molecule has 11 heteroatoms. The summed E-state index contributed by atoms with van der Waals surface area (Å²) in [7, 11) is -8.75. The molecule has 0 amide bonds. The first kappa shape index (κ1) is 23.6. The van der Waals surface area contributed by atoms with Gasteiger partial charge in [-0.1, -0.05) is 30.3 Å². The standard InChI is InChI=1S/C21H19F3N2O4S2/c1-14-6-5-7-16(12-14)25-31(27,28)17-11-10-15(2)19(13-17)26-32(29,30)20-9-4-3-8-18(20)21(22,23)24/h3-13,25-26H,1-2H3. The second-order valence-electron chi connectivity index (χ2n) is 7.05. The quantitative estimate of drug-likeness (QED) is 0.519. The van der Waals surface area contributed by atoms with Crippen LogP contribution in [0.2, 0.25) is 0 Å². The van der Waals surface area contributed by atoms with E-state index < -0.39 is 36.7 Å². The minimum absolute atomic E-state index is 0.158. The monoisotopic (exact) mass is 484 g/mol. The molecule has 0 aliphatic carbocycles. The van der Waals surface area contributed by atoms with Crippen molar-refractivity contribution in [2.45, 2.75) is 29.8 Å². The summed E-state index contributed by atoms with van der Waals surface area (Å²) in [6.07, 6.45) is -4.89. The molecule has 0 bridgehead atoms. The van der Waals surface area contributed by atoms with Crippen molar-refractivity contribution < 1.29 is 30.0 Å². The molecule has 0 saturated carbocycles. The maximum absolute atomic E-state index is 13.3. The molecular formula is C21H19F3N2O4S2. The number of hydrogen-bond donors (Lipinski definition) is 2. The number of rotatable bonds is 6. The normalized spacial score (nSPS) is 12.4. The van der Waals surface area contributed by atoms with Crippen LogP contribution in [0.3, 0.4) is 0 Å². The summed E-state index contributed by atoms with van der Waals surface area (Å²) in [5.41, 5.74) is -0.0191. The molecule has 0 aliphatic rings. The van der Waals surface area contributed by atoms with E-state index in [2.05, 4.69) is 9.44 Å². The van der Waals surface area contributed by atoms with E-state index in [1.54, 1.807) is 31.2 Å². The van der Waals surface area contributed by atoms with Gasteiger partial charge in [0.1, 0.15) is 0 Å². The van der Waals surface area contributed by atoms with E-state index in [-0.39, 0.29) is 10.6 Å². The maximum Gasteiger partial charge on any atom is 0.417 e. The van der Waals surface area contributed by atoms with Crippen molar-refractivity contribution >= 4 is 31.4 Å². The van der Waals surface area contributed by atoms with E-state index in [4.69, 9.17) is 0 Å². The van der Waals surface area contributed by atoms with Gasteiger partial charge >= 0.3 is 6.18 Å². The number of hydrogen-bond acceptors (Lipinski definition) is 4. The summed E-state index contributed by atoms with van der Waals surface area (Å²) in [5, 5.41) is 0. The van der Waals surface area contributed by atoms with Gasteiger partial charge in [-0.15, -0.1) is 0 Å². The van der Waals surface area contributed by atoms with Crippen molar-refractivity contribution in [1.29, 1.82) is 0 Å². The molecule has 32 heavy (non-hydrogen) atoms. The van der Waals surface area contributed by atoms with Crippen molar-refractivity contribution in [1.82, 2.24) is 0 Å². The Balaban J connectivity index is 1.98. The molecule has 0 aliphatic heterocycles. The van der Waals surface area contributed by atoms with Crippen LogP contribution in [-0.4, -0.2) is 16.8 Å². The molecule has 0 radical (unpaired) electrons. The average molecular weight is 485 g/mol. The number of halogens is 3. The SMILES string of the molecule is Cc1cccc(NS(=O)(=O)c2ccc(C)c(NS(=O)(=O)c3ccccc3C(F)(F)F)c2)c1. The topological polar surface area (TPSA) is 92.3 Å². The first-order chi connectivity index (χ1) is 14.8. The molecule has 170 valence electrons. The second kappa shape index (κ2) is 8.47. The van der Waals surface area contributed by atoms with Crippen molar-refractivity contribution in [3.8, 4) is 0 Å². The van der Waals surface area contributed by atoms with Crippen LogP contribution >= 0.6 is 0 Å². The van der Waals surface area contributed by atoms with Crippen LogP contribution in [0.1, 0.15) is 16.7 Å². The van der Waals surface area contributed by atoms with Crippen LogP contribution in [0.4, 0.5) is 24.5 Å². The summed E-state index contributed by atoms with van der Waals surface area (Å²) in [6, 6.07) is 14.1. The Morgan fingerprint density at radius 3 is 2.09 bits per heavy atom. The zero-order valence-corrected chi connectivity index (χ0v) is 18.6. The highest BCUT2D eigenvalue weighted by atomic mass is 32.2. The zero-order chi connectivity index (χ0) is 23.7. The van der Waals surface area contributed by atoms with E-state index in [0.29, 0.717) is 17.3 Å². The van der Waals surface area contributed by atoms with Crippen LogP contribution in [0.25, 0.3) is 0 Å². The molecule has 0 atom stereocenters. The van der Waals surface area contributed by atoms with Gasteiger partial charge in [0, 0.05) is 5.69 Å². The largest absolute Gasteiger partial charge is 0.417 e. The molecule has 0 saturated heterocycles. The highest BCUT2D eigenvalue weighted by molar-refractivity contribution is 7.93. The van der Waals surface area contributed by atoms with E-state index >= 15 is 0 Å². The lowest BCUT2D eigenvalue weighted by Crippen LogP contribution is -2.20. The summed E-state index contributed by atoms with van der Waals surface area (Å²) < 4.78 is 95.3. The molecule has 3 aromatic carbocycles. The minimum Gasteiger partial charge on any atom is -0.280 e. The van der Waals surface area contributed by atoms with Gasteiger partial charge in [-0.05, 0) is 61.4 Å². The lowest BCUT2D eigenvalue weighted by Gasteiger charge is -2.16. The predicted octanol–water partition coefficient (Wildman–Crippen LogP) is 4.92. The van der Waals surface area contributed by atoms with E-state index in [9.17, 15) is 30.0 Å². The van der Waals surface area contributed by atoms with Gasteiger partial charge in [-0.3, -0.25) is 9.44 Å². The predicted molar refractivity (Wildman–Crippen MR) is 115 cm³/mol. The average Bonchev–Trinajstić information content (AvgIpc) is 2.68. The highest BCUT2D eigenvalue weighted by Crippen LogP contribution is 2.35. The van der Waals surface area contributed by atoms with Gasteiger partial charge in [-0.25, -0.2) is 16.8 Å². The molecular weight excluding hydrogens is 465 g/mol. The smallest absolute Gasteiger partial charge is 0.280 e. The Morgan fingerprint density at radius 2 is 1.44 bits per heavy atom. The third kappa shape index (κ3) is 5.22. The van der Waals surface area contributed by atoms with E-state index in [1.807, 2.05) is 0 Å². The van der Waals surface area contributed by atoms with Crippen molar-refractivity contribution in [3.05, 3.63) is 83.4 Å². The van der Waals surface area contributed by atoms with E-state index in [1.165, 1.54) is 25.1 Å². The van der Waals surface area contributed by atoms with Gasteiger partial charge in [0.15, 0.2) is 0 Å². The second-order valence-corrected chi connectivity index (χ2v) is 10.4. The third-order valence-corrected chi connectivity index (χ3v) is 7.32. The number of aryl methyl sites for hydroxylation is 2. The fourth-order valence-electron chi connectivity index (χ4n) is 2.94. The van der Waals surface area contributed by atoms with E-state index in [0.717, 1.165) is 23.8 Å². The Morgan fingerprint density at radius 1 is 0.750 bits per heavy atom. The molecule has 0 spiro atoms. The van der Waals surface area contributed by atoms with Crippen molar-refractivity contribution in [2.75, 3.05) is 9.44 Å². The zero-order valence-electron chi connectivity index (χ0n) is 16.9. The van der Waals surface area contributed by atoms with Gasteiger partial charge in [-0.2, -0.15) is 13.2 Å². The highest BCUT2D eigenvalue weighted by Gasteiger charge is 2.37. The Kier molecular flexibility index (Phi) is 6.25. The van der Waals surface area contributed by atoms with Gasteiger partial charge in [0.2, 0.25) is 0 Å².